The van der Waals surface area contributed by atoms with Crippen LogP contribution in [0.15, 0.2) is 24.3 Å². The van der Waals surface area contributed by atoms with E-state index < -0.39 is 24.0 Å². The van der Waals surface area contributed by atoms with Gasteiger partial charge in [-0.15, -0.1) is 0 Å². The van der Waals surface area contributed by atoms with Gasteiger partial charge in [0.05, 0.1) is 42.8 Å². The second-order valence-corrected chi connectivity index (χ2v) is 19.9. The summed E-state index contributed by atoms with van der Waals surface area (Å²) < 4.78 is 14.2. The summed E-state index contributed by atoms with van der Waals surface area (Å²) in [6, 6.07) is 6.35. The van der Waals surface area contributed by atoms with Gasteiger partial charge in [0.25, 0.3) is 5.91 Å². The number of nitrogens with two attached hydrogens (primary N) is 1. The van der Waals surface area contributed by atoms with Crippen molar-refractivity contribution in [2.24, 2.45) is 29.4 Å². The van der Waals surface area contributed by atoms with Crippen molar-refractivity contribution in [3.05, 3.63) is 29.8 Å². The van der Waals surface area contributed by atoms with Crippen molar-refractivity contribution in [3.8, 4) is 0 Å². The number of anilines is 1. The number of nitrogens with zero attached hydrogens (tertiary/aromatic N) is 3. The van der Waals surface area contributed by atoms with E-state index in [2.05, 4.69) is 55.3 Å². The number of likely N-dealkylation sites (tertiary alicyclic amines) is 1. The van der Waals surface area contributed by atoms with Crippen LogP contribution in [-0.2, 0) is 49.5 Å². The van der Waals surface area contributed by atoms with Crippen LogP contribution < -0.4 is 26.4 Å². The largest absolute Gasteiger partial charge is 0.396 e. The fourth-order valence-corrected chi connectivity index (χ4v) is 9.30. The molecular formula is C51H92N8O10S. The molecule has 1 aromatic rings. The van der Waals surface area contributed by atoms with Crippen LogP contribution in [0.3, 0.4) is 0 Å². The molecule has 1 saturated heterocycles. The Kier molecular flexibility index (Phi) is 34.3. The number of methoxy groups -OCH3 is 2. The van der Waals surface area contributed by atoms with E-state index in [0.717, 1.165) is 56.2 Å². The highest BCUT2D eigenvalue weighted by atomic mass is 32.2. The third kappa shape index (κ3) is 23.3. The molecule has 2 fully saturated rings. The molecule has 7 N–H and O–H groups in total. The number of aliphatic hydroxyl groups excluding tert-OH is 1. The zero-order valence-electron chi connectivity index (χ0n) is 44.8. The highest BCUT2D eigenvalue weighted by molar-refractivity contribution is 7.98. The first-order valence-electron chi connectivity index (χ1n) is 25.0. The van der Waals surface area contributed by atoms with Gasteiger partial charge in [0.15, 0.2) is 0 Å². The molecule has 402 valence electrons. The van der Waals surface area contributed by atoms with Crippen molar-refractivity contribution in [3.63, 3.8) is 0 Å². The van der Waals surface area contributed by atoms with Gasteiger partial charge in [-0.25, -0.2) is 0 Å². The van der Waals surface area contributed by atoms with E-state index >= 15 is 0 Å². The number of hydrogen-bond acceptors (Lipinski definition) is 13. The number of rotatable bonds is 29. The quantitative estimate of drug-likeness (QED) is 0.0482. The predicted octanol–water partition coefficient (Wildman–Crippen LogP) is 4.42. The SMILES string of the molecule is C=O.CCC.CCC(C)C(C(CC)OC)N(C)C(=O)CNC(=O)C(C(C)C)N(C)C.COC(C(C)C(=O)NC(Cc1ccc(NCCC(CCO)C(N)=O)cc1)C(=O)NSC1CC1)C1CCCN1C=O. The van der Waals surface area contributed by atoms with Crippen LogP contribution in [0.4, 0.5) is 5.69 Å². The molecule has 0 spiro atoms. The molecule has 9 unspecified atom stereocenters. The lowest BCUT2D eigenvalue weighted by atomic mass is 9.91. The first-order chi connectivity index (χ1) is 33.3. The summed E-state index contributed by atoms with van der Waals surface area (Å²) in [5.41, 5.74) is 7.11. The second-order valence-electron chi connectivity index (χ2n) is 18.8. The summed E-state index contributed by atoms with van der Waals surface area (Å²) in [4.78, 5) is 87.8. The summed E-state index contributed by atoms with van der Waals surface area (Å²) in [5, 5.41) is 18.5. The van der Waals surface area contributed by atoms with Crippen molar-refractivity contribution in [1.29, 1.82) is 0 Å². The molecule has 1 saturated carbocycles. The number of carbonyl (C=O) groups is 7. The van der Waals surface area contributed by atoms with Gasteiger partial charge in [0.2, 0.25) is 30.0 Å². The molecule has 0 aromatic heterocycles. The van der Waals surface area contributed by atoms with Gasteiger partial charge in [-0.3, -0.25) is 38.4 Å². The van der Waals surface area contributed by atoms with Gasteiger partial charge in [-0.1, -0.05) is 80.4 Å². The fourth-order valence-electron chi connectivity index (χ4n) is 8.50. The first-order valence-corrected chi connectivity index (χ1v) is 25.9. The monoisotopic (exact) mass is 1010 g/mol. The molecule has 1 aromatic carbocycles. The van der Waals surface area contributed by atoms with Crippen LogP contribution in [-0.4, -0.2) is 166 Å². The molecule has 18 nitrogen and oxygen atoms in total. The van der Waals surface area contributed by atoms with E-state index in [0.29, 0.717) is 43.5 Å². The Bertz CT molecular complexity index is 1640. The van der Waals surface area contributed by atoms with Gasteiger partial charge >= 0.3 is 0 Å². The molecule has 1 aliphatic carbocycles. The Morgan fingerprint density at radius 1 is 0.914 bits per heavy atom. The lowest BCUT2D eigenvalue weighted by Gasteiger charge is -2.37. The van der Waals surface area contributed by atoms with Gasteiger partial charge in [-0.2, -0.15) is 0 Å². The Balaban J connectivity index is 0.00000136. The highest BCUT2D eigenvalue weighted by Crippen LogP contribution is 2.32. The molecule has 0 radical (unpaired) electrons. The number of benzene rings is 1. The van der Waals surface area contributed by atoms with Crippen LogP contribution in [0.1, 0.15) is 119 Å². The molecule has 70 heavy (non-hydrogen) atoms. The highest BCUT2D eigenvalue weighted by Gasteiger charge is 2.39. The minimum atomic E-state index is -0.780. The van der Waals surface area contributed by atoms with Gasteiger partial charge in [0, 0.05) is 64.2 Å². The number of hydrogen-bond donors (Lipinski definition) is 6. The minimum Gasteiger partial charge on any atom is -0.396 e. The average molecular weight is 1010 g/mol. The molecule has 19 heteroatoms. The molecule has 1 heterocycles. The molecule has 9 atom stereocenters. The van der Waals surface area contributed by atoms with Crippen molar-refractivity contribution < 1.29 is 48.1 Å². The number of aliphatic hydroxyl groups is 1. The number of primary amides is 1. The Morgan fingerprint density at radius 3 is 2.00 bits per heavy atom. The summed E-state index contributed by atoms with van der Waals surface area (Å²) in [5.74, 6) is -1.64. The van der Waals surface area contributed by atoms with Crippen molar-refractivity contribution >= 4 is 60.4 Å². The summed E-state index contributed by atoms with van der Waals surface area (Å²) in [6.45, 7) is 19.4. The maximum absolute atomic E-state index is 13.3. The number of ether oxygens (including phenoxy) is 2. The molecular weight excluding hydrogens is 917 g/mol. The minimum absolute atomic E-state index is 0.000790. The number of likely N-dealkylation sites (N-methyl/N-ethyl adjacent to an activating group) is 2. The van der Waals surface area contributed by atoms with E-state index in [1.54, 1.807) is 38.0 Å². The van der Waals surface area contributed by atoms with E-state index in [1.165, 1.54) is 18.4 Å². The topological polar surface area (TPSA) is 242 Å². The smallest absolute Gasteiger partial charge is 0.252 e. The molecule has 3 rings (SSSR count). The third-order valence-corrected chi connectivity index (χ3v) is 13.8. The maximum Gasteiger partial charge on any atom is 0.252 e. The lowest BCUT2D eigenvalue weighted by molar-refractivity contribution is -0.138. The maximum atomic E-state index is 13.3. The average Bonchev–Trinajstić information content (AvgIpc) is 4.06. The second kappa shape index (κ2) is 36.6. The van der Waals surface area contributed by atoms with Crippen LogP contribution in [0, 0.1) is 23.7 Å². The summed E-state index contributed by atoms with van der Waals surface area (Å²) in [6.07, 6.45) is 8.29. The first kappa shape index (κ1) is 65.7. The van der Waals surface area contributed by atoms with Crippen LogP contribution in [0.2, 0.25) is 0 Å². The number of amides is 6. The van der Waals surface area contributed by atoms with E-state index in [9.17, 15) is 28.8 Å². The van der Waals surface area contributed by atoms with E-state index in [-0.39, 0.29) is 72.8 Å². The van der Waals surface area contributed by atoms with Crippen molar-refractivity contribution in [2.45, 2.75) is 161 Å². The zero-order chi connectivity index (χ0) is 53.5. The number of nitrogens with one attached hydrogen (secondary N) is 4. The molecule has 1 aliphatic heterocycles. The summed E-state index contributed by atoms with van der Waals surface area (Å²) >= 11 is 1.40. The Morgan fingerprint density at radius 2 is 1.53 bits per heavy atom. The van der Waals surface area contributed by atoms with Crippen molar-refractivity contribution in [2.75, 3.05) is 66.9 Å². The number of carbonyl (C=O) groups excluding carboxylic acids is 7. The van der Waals surface area contributed by atoms with Gasteiger partial charge in [0.1, 0.15) is 12.8 Å². The van der Waals surface area contributed by atoms with Crippen LogP contribution >= 0.6 is 11.9 Å². The Hall–Kier alpha value is -4.30. The lowest BCUT2D eigenvalue weighted by Crippen LogP contribution is -2.53. The Labute approximate surface area is 424 Å². The standard InChI is InChI=1S/C28H43N5O6S.C19H39N3O3.C3H8.CH2O/c1-18(25(39-2)24-4-3-14-33(24)17-35)27(37)31-23(28(38)32-40-22-9-10-22)16-19-5-7-21(8-6-19)30-13-11-20(12-15-34)26(29)36;1-10-14(5)18(15(11-2)25-9)22(8)16(23)12-20-19(24)17(13(3)4)21(6)7;1-3-2;1-2/h5-8,17-18,20,22-25,30,34H,3-4,9-16H2,1-2H3,(H2,29,36)(H,31,37)(H,32,38);13-15,17-18H,10-12H2,1-9H3,(H,20,24);3H2,1-2H3;1H2. The molecule has 6 amide bonds. The van der Waals surface area contributed by atoms with Crippen LogP contribution in [0.25, 0.3) is 0 Å². The molecule has 0 bridgehead atoms. The van der Waals surface area contributed by atoms with Crippen LogP contribution in [0.5, 0.6) is 0 Å². The normalized spacial score (nSPS) is 17.5. The van der Waals surface area contributed by atoms with Gasteiger partial charge in [-0.05, 0) is 101 Å². The third-order valence-electron chi connectivity index (χ3n) is 12.6. The molecule has 2 aliphatic rings. The zero-order valence-corrected chi connectivity index (χ0v) is 45.6. The van der Waals surface area contributed by atoms with Gasteiger partial charge < -0.3 is 50.9 Å². The predicted molar refractivity (Wildman–Crippen MR) is 280 cm³/mol. The van der Waals surface area contributed by atoms with E-state index in [4.69, 9.17) is 25.1 Å². The summed E-state index contributed by atoms with van der Waals surface area (Å²) in [7, 11) is 8.79. The van der Waals surface area contributed by atoms with E-state index in [1.807, 2.05) is 63.9 Å². The fraction of sp³-hybridized carbons (Fsp3) is 0.745. The van der Waals surface area contributed by atoms with Crippen molar-refractivity contribution in [1.82, 2.24) is 30.1 Å².